The summed E-state index contributed by atoms with van der Waals surface area (Å²) in [5.41, 5.74) is 6.48. The Labute approximate surface area is 539 Å². The molecule has 2 aromatic carbocycles. The third-order valence-electron chi connectivity index (χ3n) is 17.8. The summed E-state index contributed by atoms with van der Waals surface area (Å²) in [5.74, 6) is -6.47. The van der Waals surface area contributed by atoms with Gasteiger partial charge in [-0.1, -0.05) is 104 Å². The van der Waals surface area contributed by atoms with Crippen molar-refractivity contribution in [2.75, 3.05) is 39.0 Å². The second-order valence-electron chi connectivity index (χ2n) is 25.3. The molecule has 3 aromatic rings. The second kappa shape index (κ2) is 35.7. The van der Waals surface area contributed by atoms with Crippen LogP contribution in [0.25, 0.3) is 0 Å². The number of carbonyl (C=O) groups is 11. The van der Waals surface area contributed by atoms with Gasteiger partial charge in [0.2, 0.25) is 17.7 Å². The summed E-state index contributed by atoms with van der Waals surface area (Å²) in [4.78, 5) is 155. The highest BCUT2D eigenvalue weighted by atomic mass is 32.1. The van der Waals surface area contributed by atoms with Crippen LogP contribution in [0.4, 0.5) is 15.3 Å². The molecule has 0 aliphatic carbocycles. The molecule has 5 rings (SSSR count). The van der Waals surface area contributed by atoms with Crippen molar-refractivity contribution in [3.05, 3.63) is 94.0 Å². The molecule has 9 atom stereocenters. The Hall–Kier alpha value is -7.86. The summed E-state index contributed by atoms with van der Waals surface area (Å²) in [7, 11) is 3.66. The fourth-order valence-electron chi connectivity index (χ4n) is 11.6. The minimum Gasteiger partial charge on any atom is -0.481 e. The zero-order valence-electron chi connectivity index (χ0n) is 54.6. The van der Waals surface area contributed by atoms with Gasteiger partial charge >= 0.3 is 18.1 Å². The number of primary amides is 1. The number of urea groups is 1. The first kappa shape index (κ1) is 73.9. The zero-order chi connectivity index (χ0) is 67.1. The summed E-state index contributed by atoms with van der Waals surface area (Å²) in [6.07, 6.45) is 6.55. The van der Waals surface area contributed by atoms with E-state index in [0.29, 0.717) is 61.2 Å². The number of likely N-dealkylation sites (N-methyl/N-ethyl adjacent to an activating group) is 1. The molecule has 0 radical (unpaired) electrons. The Bertz CT molecular complexity index is 3010. The lowest BCUT2D eigenvalue weighted by molar-refractivity contribution is -0.143. The van der Waals surface area contributed by atoms with Gasteiger partial charge in [0, 0.05) is 86.5 Å². The molecule has 2 aliphatic heterocycles. The normalized spacial score (nSPS) is 17.5. The van der Waals surface area contributed by atoms with E-state index in [1.165, 1.54) is 12.2 Å². The predicted molar refractivity (Wildman–Crippen MR) is 346 cm³/mol. The van der Waals surface area contributed by atoms with Gasteiger partial charge in [0.05, 0.1) is 23.5 Å². The van der Waals surface area contributed by atoms with E-state index >= 15 is 0 Å². The summed E-state index contributed by atoms with van der Waals surface area (Å²) >= 11 is 1.13. The van der Waals surface area contributed by atoms with E-state index in [0.717, 1.165) is 34.8 Å². The smallest absolute Gasteiger partial charge is 0.408 e. The number of likely N-dealkylation sites (tertiary alicyclic amines) is 1. The van der Waals surface area contributed by atoms with Gasteiger partial charge in [-0.2, -0.15) is 0 Å². The molecule has 1 saturated heterocycles. The number of unbranched alkanes of at least 4 members (excludes halogenated alkanes) is 2. The molecule has 8 N–H and O–H groups in total. The molecule has 0 bridgehead atoms. The molecule has 0 saturated carbocycles. The Morgan fingerprint density at radius 3 is 2.12 bits per heavy atom. The van der Waals surface area contributed by atoms with Gasteiger partial charge in [-0.05, 0) is 119 Å². The number of imide groups is 1. The largest absolute Gasteiger partial charge is 0.481 e. The van der Waals surface area contributed by atoms with Crippen molar-refractivity contribution in [1.29, 1.82) is 0 Å². The maximum atomic E-state index is 14.8. The number of hydrogen-bond donors (Lipinski definition) is 7. The number of amides is 9. The quantitative estimate of drug-likeness (QED) is 0.0210. The van der Waals surface area contributed by atoms with E-state index in [9.17, 15) is 57.8 Å². The zero-order valence-corrected chi connectivity index (χ0v) is 55.4. The number of ketones is 2. The molecule has 91 heavy (non-hydrogen) atoms. The van der Waals surface area contributed by atoms with Crippen LogP contribution in [0.2, 0.25) is 0 Å². The van der Waals surface area contributed by atoms with Crippen LogP contribution in [0.3, 0.4) is 0 Å². The number of aromatic nitrogens is 1. The number of hydrogen-bond acceptors (Lipinski definition) is 15. The molecule has 3 heterocycles. The lowest BCUT2D eigenvalue weighted by Crippen LogP contribution is -2.50. The number of thiazole rings is 1. The number of anilines is 1. The van der Waals surface area contributed by atoms with Gasteiger partial charge in [0.15, 0.2) is 11.6 Å². The number of ether oxygens (including phenoxy) is 1. The minimum absolute atomic E-state index is 0.0229. The summed E-state index contributed by atoms with van der Waals surface area (Å²) in [6.45, 7) is 16.0. The molecule has 9 amide bonds. The third-order valence-corrected chi connectivity index (χ3v) is 18.7. The van der Waals surface area contributed by atoms with Crippen LogP contribution in [0, 0.1) is 35.5 Å². The summed E-state index contributed by atoms with van der Waals surface area (Å²) in [5, 5.41) is 25.9. The van der Waals surface area contributed by atoms with Gasteiger partial charge in [0.1, 0.15) is 17.3 Å². The maximum Gasteiger partial charge on any atom is 0.408 e. The molecule has 2 aliphatic rings. The Balaban J connectivity index is 1.30. The number of nitrogens with one attached hydrogen (secondary N) is 5. The van der Waals surface area contributed by atoms with E-state index in [4.69, 9.17) is 15.5 Å². The van der Waals surface area contributed by atoms with Crippen molar-refractivity contribution in [3.8, 4) is 0 Å². The number of Topliss-reactive ketones (excluding diaryl/α,β-unsaturated/α-hetero) is 2. The van der Waals surface area contributed by atoms with E-state index in [1.807, 2.05) is 72.0 Å². The lowest BCUT2D eigenvalue weighted by Gasteiger charge is -2.38. The number of carboxylic acids is 1. The monoisotopic (exact) mass is 1280 g/mol. The van der Waals surface area contributed by atoms with Crippen LogP contribution in [-0.4, -0.2) is 147 Å². The maximum absolute atomic E-state index is 14.8. The first-order valence-electron chi connectivity index (χ1n) is 31.9. The van der Waals surface area contributed by atoms with Gasteiger partial charge in [0.25, 0.3) is 17.7 Å². The van der Waals surface area contributed by atoms with Gasteiger partial charge < -0.3 is 47.1 Å². The SMILES string of the molecule is CC[C@H](C)[C@H](CC(=O)[C@@]1(C)CCCN1C)C(=O)N(C)[C@H](C[C@@H](NC(=O)OCc1ccc(NC(=O)[C@H](CCCNC(N)=O)CC(=O)[C@@H](NC(=O)CCCCCN2C(=O)C=CC2=O)C(C)C)cc1)c1nc(C(=O)N[C@@H](Cc2ccccc2)C[C@H](C)C(=O)O)cs1)C(C)C. The number of carboxylic acid groups (broad SMARTS) is 1. The van der Waals surface area contributed by atoms with E-state index < -0.39 is 77.4 Å². The average molecular weight is 1280 g/mol. The topological polar surface area (TPSA) is 326 Å². The highest BCUT2D eigenvalue weighted by Crippen LogP contribution is 2.35. The number of alkyl carbamates (subject to hydrolysis) is 1. The van der Waals surface area contributed by atoms with Crippen molar-refractivity contribution in [2.24, 2.45) is 41.2 Å². The number of nitrogens with zero attached hydrogens (tertiary/aromatic N) is 4. The Morgan fingerprint density at radius 1 is 0.835 bits per heavy atom. The standard InChI is InChI=1S/C67H96N10O13S/c1-11-43(6)50(37-55(79)67(8)30-19-32-75(67)9)63(85)76(10)53(41(2)3)38-51(62-72-52(40-91-62)61(84)71-49(34-44(7)64(86)87)35-45-20-14-12-15-21-45)73-66(89)90-39-46-24-26-48(27-25-46)70-60(83)47(22-18-31-69-65(68)88)36-54(78)59(42(4)5)74-56(80)23-16-13-17-33-77-57(81)28-29-58(77)82/h12,14-15,20-21,24-29,40-44,47,49-51,53,59H,11,13,16-19,22-23,30-39H2,1-10H3,(H,70,83)(H,71,84)(H,73,89)(H,74,80)(H,86,87)(H3,68,69,88)/t43-,44-,47+,49+,50-,51+,53+,59-,67+/m0/s1. The highest BCUT2D eigenvalue weighted by Gasteiger charge is 2.44. The van der Waals surface area contributed by atoms with Crippen molar-refractivity contribution in [1.82, 2.24) is 41.0 Å². The molecule has 498 valence electrons. The van der Waals surface area contributed by atoms with E-state index in [-0.39, 0.29) is 117 Å². The van der Waals surface area contributed by atoms with Crippen LogP contribution < -0.4 is 32.3 Å². The number of aliphatic carboxylic acids is 1. The number of benzene rings is 2. The molecule has 23 nitrogen and oxygen atoms in total. The van der Waals surface area contributed by atoms with Crippen LogP contribution in [-0.2, 0) is 56.1 Å². The molecule has 24 heteroatoms. The first-order valence-corrected chi connectivity index (χ1v) is 32.8. The van der Waals surface area contributed by atoms with Crippen LogP contribution >= 0.6 is 11.3 Å². The Morgan fingerprint density at radius 2 is 1.52 bits per heavy atom. The molecule has 0 unspecified atom stereocenters. The second-order valence-corrected chi connectivity index (χ2v) is 26.2. The van der Waals surface area contributed by atoms with E-state index in [1.54, 1.807) is 62.4 Å². The van der Waals surface area contributed by atoms with Crippen molar-refractivity contribution >= 4 is 82.1 Å². The lowest BCUT2D eigenvalue weighted by atomic mass is 9.80. The number of nitrogens with two attached hydrogens (primary N) is 1. The van der Waals surface area contributed by atoms with Crippen LogP contribution in [0.1, 0.15) is 172 Å². The summed E-state index contributed by atoms with van der Waals surface area (Å²) in [6, 6.07) is 12.3. The molecular weight excluding hydrogens is 1180 g/mol. The third kappa shape index (κ3) is 22.5. The molecule has 0 spiro atoms. The molecular formula is C67H96N10O13S. The number of rotatable bonds is 38. The summed E-state index contributed by atoms with van der Waals surface area (Å²) < 4.78 is 5.80. The fourth-order valence-corrected chi connectivity index (χ4v) is 12.5. The van der Waals surface area contributed by atoms with Crippen molar-refractivity contribution in [3.63, 3.8) is 0 Å². The number of carbonyl (C=O) groups excluding carboxylic acids is 10. The predicted octanol–water partition coefficient (Wildman–Crippen LogP) is 8.13. The minimum atomic E-state index is -0.997. The Kier molecular flexibility index (Phi) is 29.0. The van der Waals surface area contributed by atoms with Crippen LogP contribution in [0.5, 0.6) is 0 Å². The van der Waals surface area contributed by atoms with Gasteiger partial charge in [-0.15, -0.1) is 11.3 Å². The van der Waals surface area contributed by atoms with Crippen LogP contribution in [0.15, 0.2) is 72.1 Å². The van der Waals surface area contributed by atoms with Gasteiger partial charge in [-0.3, -0.25) is 53.0 Å². The first-order chi connectivity index (χ1) is 43.1. The fraction of sp³-hybridized carbons (Fsp3) is 0.582. The molecule has 1 aromatic heterocycles. The average Bonchev–Trinajstić information content (AvgIpc) is 1.90. The molecule has 1 fully saturated rings. The van der Waals surface area contributed by atoms with E-state index in [2.05, 4.69) is 31.5 Å². The highest BCUT2D eigenvalue weighted by molar-refractivity contribution is 7.10. The van der Waals surface area contributed by atoms with Crippen molar-refractivity contribution in [2.45, 2.75) is 182 Å². The van der Waals surface area contributed by atoms with Crippen molar-refractivity contribution < 1.29 is 62.6 Å². The van der Waals surface area contributed by atoms with Gasteiger partial charge in [-0.25, -0.2) is 14.6 Å².